The fraction of sp³-hybridized carbons (Fsp3) is 0.533. The Hall–Kier alpha value is -2.71. The highest BCUT2D eigenvalue weighted by Gasteiger charge is 2.31. The van der Waals surface area contributed by atoms with Gasteiger partial charge in [-0.3, -0.25) is 4.79 Å². The van der Waals surface area contributed by atoms with Crippen LogP contribution in [-0.4, -0.2) is 59.5 Å². The van der Waals surface area contributed by atoms with E-state index >= 15 is 0 Å². The Bertz CT molecular complexity index is 771. The van der Waals surface area contributed by atoms with E-state index in [9.17, 15) is 9.59 Å². The number of carbonyl (C=O) groups is 2. The average Bonchev–Trinajstić information content (AvgIpc) is 3.30. The molecule has 4 rings (SSSR count). The smallest absolute Gasteiger partial charge is 0.358 e. The quantitative estimate of drug-likeness (QED) is 0.883. The predicted octanol–water partition coefficient (Wildman–Crippen LogP) is 0.596. The topological polar surface area (TPSA) is 106 Å². The zero-order valence-corrected chi connectivity index (χ0v) is 13.1. The summed E-state index contributed by atoms with van der Waals surface area (Å²) in [5.74, 6) is -0.184. The molecule has 1 saturated heterocycles. The lowest BCUT2D eigenvalue weighted by Gasteiger charge is -2.15. The monoisotopic (exact) mass is 330 g/mol. The number of nitrogens with zero attached hydrogens (tertiary/aromatic N) is 6. The molecule has 9 heteroatoms. The van der Waals surface area contributed by atoms with Crippen molar-refractivity contribution in [1.29, 1.82) is 0 Å². The van der Waals surface area contributed by atoms with Gasteiger partial charge in [0.15, 0.2) is 5.69 Å². The maximum atomic E-state index is 12.7. The lowest BCUT2D eigenvalue weighted by atomic mass is 10.2. The average molecular weight is 330 g/mol. The number of imidazole rings is 1. The summed E-state index contributed by atoms with van der Waals surface area (Å²) in [6.45, 7) is 2.02. The highest BCUT2D eigenvalue weighted by molar-refractivity contribution is 5.92. The van der Waals surface area contributed by atoms with Crippen molar-refractivity contribution >= 4 is 11.9 Å². The van der Waals surface area contributed by atoms with E-state index in [4.69, 9.17) is 5.11 Å². The van der Waals surface area contributed by atoms with Gasteiger partial charge in [-0.2, -0.15) is 0 Å². The van der Waals surface area contributed by atoms with Crippen LogP contribution in [0.3, 0.4) is 0 Å². The summed E-state index contributed by atoms with van der Waals surface area (Å²) in [5.41, 5.74) is 0.416. The Morgan fingerprint density at radius 1 is 1.17 bits per heavy atom. The van der Waals surface area contributed by atoms with Gasteiger partial charge in [-0.25, -0.2) is 14.5 Å². The number of fused-ring (bicyclic) bond motifs is 1. The van der Waals surface area contributed by atoms with Gasteiger partial charge in [0.05, 0.1) is 12.2 Å². The third kappa shape index (κ3) is 2.55. The van der Waals surface area contributed by atoms with Gasteiger partial charge in [0, 0.05) is 32.3 Å². The Balaban J connectivity index is 1.46. The van der Waals surface area contributed by atoms with E-state index in [1.807, 2.05) is 6.20 Å². The molecular weight excluding hydrogens is 312 g/mol. The molecule has 0 saturated carbocycles. The minimum Gasteiger partial charge on any atom is -0.476 e. The van der Waals surface area contributed by atoms with E-state index in [-0.39, 0.29) is 17.6 Å². The molecule has 126 valence electrons. The molecule has 4 heterocycles. The first-order valence-corrected chi connectivity index (χ1v) is 8.12. The van der Waals surface area contributed by atoms with Crippen LogP contribution in [-0.2, 0) is 13.0 Å². The number of aromatic carboxylic acids is 1. The second-order valence-electron chi connectivity index (χ2n) is 6.28. The summed E-state index contributed by atoms with van der Waals surface area (Å²) < 4.78 is 3.61. The summed E-state index contributed by atoms with van der Waals surface area (Å²) in [5, 5.41) is 16.4. The van der Waals surface area contributed by atoms with E-state index in [1.54, 1.807) is 4.90 Å². The maximum absolute atomic E-state index is 12.7. The fourth-order valence-corrected chi connectivity index (χ4v) is 3.37. The molecular formula is C15H18N6O3. The number of aromatic nitrogens is 5. The highest BCUT2D eigenvalue weighted by atomic mass is 16.4. The summed E-state index contributed by atoms with van der Waals surface area (Å²) in [6.07, 6.45) is 7.16. The number of hydrogen-bond donors (Lipinski definition) is 1. The van der Waals surface area contributed by atoms with E-state index in [0.717, 1.165) is 38.1 Å². The maximum Gasteiger partial charge on any atom is 0.358 e. The number of amides is 1. The van der Waals surface area contributed by atoms with Gasteiger partial charge >= 0.3 is 5.97 Å². The van der Waals surface area contributed by atoms with Crippen LogP contribution in [0.25, 0.3) is 0 Å². The van der Waals surface area contributed by atoms with Crippen molar-refractivity contribution in [3.8, 4) is 0 Å². The number of likely N-dealkylation sites (tertiary alicyclic amines) is 1. The normalized spacial score (nSPS) is 20.2. The van der Waals surface area contributed by atoms with Crippen molar-refractivity contribution in [3.05, 3.63) is 29.6 Å². The molecule has 9 nitrogen and oxygen atoms in total. The minimum atomic E-state index is -1.10. The third-order valence-electron chi connectivity index (χ3n) is 4.68. The van der Waals surface area contributed by atoms with Crippen molar-refractivity contribution in [1.82, 2.24) is 29.4 Å². The second kappa shape index (κ2) is 5.73. The number of carboxylic acids is 1. The molecule has 1 amide bonds. The first kappa shape index (κ1) is 14.9. The van der Waals surface area contributed by atoms with Gasteiger partial charge in [-0.15, -0.1) is 5.10 Å². The lowest BCUT2D eigenvalue weighted by molar-refractivity contribution is 0.0689. The van der Waals surface area contributed by atoms with Gasteiger partial charge in [0.1, 0.15) is 11.5 Å². The molecule has 1 N–H and O–H groups in total. The second-order valence-corrected chi connectivity index (χ2v) is 6.28. The summed E-state index contributed by atoms with van der Waals surface area (Å²) in [7, 11) is 0. The standard InChI is InChI=1S/C15H18N6O3/c22-14(11-8-19-5-2-1-3-13(19)16-11)20-6-4-10(7-20)21-9-12(15(23)24)17-18-21/h8-10H,1-7H2,(H,23,24). The summed E-state index contributed by atoms with van der Waals surface area (Å²) in [4.78, 5) is 29.8. The largest absolute Gasteiger partial charge is 0.476 e. The van der Waals surface area contributed by atoms with Crippen molar-refractivity contribution in [2.45, 2.75) is 38.3 Å². The van der Waals surface area contributed by atoms with E-state index in [1.165, 1.54) is 10.9 Å². The number of rotatable bonds is 3. The first-order valence-electron chi connectivity index (χ1n) is 8.12. The molecule has 1 fully saturated rings. The molecule has 24 heavy (non-hydrogen) atoms. The predicted molar refractivity (Wildman–Crippen MR) is 81.7 cm³/mol. The number of carbonyl (C=O) groups excluding carboxylic acids is 1. The number of aryl methyl sites for hydroxylation is 2. The number of hydrogen-bond acceptors (Lipinski definition) is 5. The van der Waals surface area contributed by atoms with Crippen LogP contribution in [0, 0.1) is 0 Å². The molecule has 0 bridgehead atoms. The zero-order valence-electron chi connectivity index (χ0n) is 13.1. The van der Waals surface area contributed by atoms with Crippen LogP contribution in [0.4, 0.5) is 0 Å². The Labute approximate surface area is 137 Å². The van der Waals surface area contributed by atoms with Crippen LogP contribution in [0.15, 0.2) is 12.4 Å². The van der Waals surface area contributed by atoms with E-state index < -0.39 is 5.97 Å². The molecule has 2 aromatic rings. The highest BCUT2D eigenvalue weighted by Crippen LogP contribution is 2.23. The number of carboxylic acid groups (broad SMARTS) is 1. The summed E-state index contributed by atoms with van der Waals surface area (Å²) in [6, 6.07) is -0.0493. The SMILES string of the molecule is O=C(O)c1cn(C2CCN(C(=O)c3cn4c(n3)CCCC4)C2)nn1. The van der Waals surface area contributed by atoms with Gasteiger partial charge in [-0.1, -0.05) is 5.21 Å². The molecule has 1 unspecified atom stereocenters. The minimum absolute atomic E-state index is 0.0493. The molecule has 0 radical (unpaired) electrons. The molecule has 1 atom stereocenters. The molecule has 2 aliphatic heterocycles. The van der Waals surface area contributed by atoms with E-state index in [0.29, 0.717) is 18.8 Å². The van der Waals surface area contributed by atoms with Gasteiger partial charge in [0.2, 0.25) is 0 Å². The van der Waals surface area contributed by atoms with Crippen molar-refractivity contribution in [2.24, 2.45) is 0 Å². The third-order valence-corrected chi connectivity index (χ3v) is 4.68. The van der Waals surface area contributed by atoms with Crippen LogP contribution in [0.2, 0.25) is 0 Å². The molecule has 0 spiro atoms. The zero-order chi connectivity index (χ0) is 16.7. The molecule has 2 aliphatic rings. The van der Waals surface area contributed by atoms with Crippen molar-refractivity contribution in [3.63, 3.8) is 0 Å². The van der Waals surface area contributed by atoms with Crippen LogP contribution in [0.1, 0.15) is 52.1 Å². The molecule has 0 aliphatic carbocycles. The Morgan fingerprint density at radius 3 is 2.79 bits per heavy atom. The first-order chi connectivity index (χ1) is 11.6. The van der Waals surface area contributed by atoms with Crippen LogP contribution >= 0.6 is 0 Å². The van der Waals surface area contributed by atoms with Gasteiger partial charge in [-0.05, 0) is 19.3 Å². The van der Waals surface area contributed by atoms with Gasteiger partial charge < -0.3 is 14.6 Å². The fourth-order valence-electron chi connectivity index (χ4n) is 3.37. The van der Waals surface area contributed by atoms with Crippen molar-refractivity contribution < 1.29 is 14.7 Å². The van der Waals surface area contributed by atoms with Crippen LogP contribution < -0.4 is 0 Å². The Kier molecular flexibility index (Phi) is 3.55. The van der Waals surface area contributed by atoms with Gasteiger partial charge in [0.25, 0.3) is 5.91 Å². The lowest BCUT2D eigenvalue weighted by Crippen LogP contribution is -2.29. The molecule has 2 aromatic heterocycles. The van der Waals surface area contributed by atoms with Crippen molar-refractivity contribution in [2.75, 3.05) is 13.1 Å². The molecule has 0 aromatic carbocycles. The van der Waals surface area contributed by atoms with E-state index in [2.05, 4.69) is 19.9 Å². The van der Waals surface area contributed by atoms with Crippen LogP contribution in [0.5, 0.6) is 0 Å². The summed E-state index contributed by atoms with van der Waals surface area (Å²) >= 11 is 0. The Morgan fingerprint density at radius 2 is 2.04 bits per heavy atom.